The van der Waals surface area contributed by atoms with Crippen LogP contribution in [0.15, 0.2) is 18.2 Å². The van der Waals surface area contributed by atoms with Crippen LogP contribution in [0.1, 0.15) is 31.4 Å². The second-order valence-corrected chi connectivity index (χ2v) is 8.39. The molecule has 2 rings (SSSR count). The lowest BCUT2D eigenvalue weighted by molar-refractivity contribution is -0.139. The number of nitrogens with zero attached hydrogens (tertiary/aromatic N) is 1. The maximum absolute atomic E-state index is 12.8. The van der Waals surface area contributed by atoms with Crippen molar-refractivity contribution in [1.29, 1.82) is 0 Å². The molecule has 3 N–H and O–H groups in total. The van der Waals surface area contributed by atoms with Gasteiger partial charge in [0.1, 0.15) is 6.04 Å². The summed E-state index contributed by atoms with van der Waals surface area (Å²) < 4.78 is -0.872. The fourth-order valence-corrected chi connectivity index (χ4v) is 4.24. The molecule has 1 saturated heterocycles. The number of carbonyl (C=O) groups excluding carboxylic acids is 2. The molecule has 0 radical (unpaired) electrons. The van der Waals surface area contributed by atoms with Crippen molar-refractivity contribution < 1.29 is 19.5 Å². The molecular formula is C17H22N2O4S. The zero-order valence-corrected chi connectivity index (χ0v) is 15.0. The molecular weight excluding hydrogens is 328 g/mol. The van der Waals surface area contributed by atoms with Gasteiger partial charge in [0.15, 0.2) is 0 Å². The van der Waals surface area contributed by atoms with E-state index in [9.17, 15) is 14.4 Å². The normalized spacial score (nSPS) is 19.7. The van der Waals surface area contributed by atoms with E-state index in [-0.39, 0.29) is 18.2 Å². The molecule has 1 aromatic rings. The van der Waals surface area contributed by atoms with Gasteiger partial charge in [-0.15, -0.1) is 11.8 Å². The van der Waals surface area contributed by atoms with Crippen LogP contribution >= 0.6 is 11.8 Å². The predicted octanol–water partition coefficient (Wildman–Crippen LogP) is 1.86. The Morgan fingerprint density at radius 2 is 1.88 bits per heavy atom. The van der Waals surface area contributed by atoms with E-state index in [2.05, 4.69) is 0 Å². The lowest BCUT2D eigenvalue weighted by Gasteiger charge is -2.30. The average Bonchev–Trinajstić information content (AvgIpc) is 2.73. The van der Waals surface area contributed by atoms with Crippen molar-refractivity contribution >= 4 is 35.2 Å². The molecule has 0 bridgehead atoms. The van der Waals surface area contributed by atoms with Gasteiger partial charge in [-0.1, -0.05) is 18.2 Å². The summed E-state index contributed by atoms with van der Waals surface area (Å²) in [4.78, 5) is 37.6. The molecule has 1 heterocycles. The summed E-state index contributed by atoms with van der Waals surface area (Å²) in [6.07, 6.45) is 0.0487. The van der Waals surface area contributed by atoms with Gasteiger partial charge in [-0.3, -0.25) is 14.4 Å². The van der Waals surface area contributed by atoms with Crippen molar-refractivity contribution in [3.63, 3.8) is 0 Å². The van der Waals surface area contributed by atoms with E-state index in [0.717, 1.165) is 22.9 Å². The van der Waals surface area contributed by atoms with Gasteiger partial charge in [-0.25, -0.2) is 4.90 Å². The Morgan fingerprint density at radius 3 is 2.38 bits per heavy atom. The number of anilines is 1. The first-order valence-corrected chi connectivity index (χ1v) is 8.53. The molecule has 0 saturated carbocycles. The molecule has 130 valence electrons. The van der Waals surface area contributed by atoms with E-state index in [1.807, 2.05) is 32.0 Å². The standard InChI is InChI=1S/C17H22N2O4S/c1-9-6-5-7-10(2)13(9)19-12(20)8-11(15(19)21)24-17(3,4)14(18)16(22)23/h5-7,11,14H,8,18H2,1-4H3,(H,22,23)/t11-,14+/m0/s1. The van der Waals surface area contributed by atoms with E-state index < -0.39 is 22.0 Å². The summed E-state index contributed by atoms with van der Waals surface area (Å²) in [5.74, 6) is -1.71. The molecule has 2 atom stereocenters. The molecule has 1 fully saturated rings. The van der Waals surface area contributed by atoms with Gasteiger partial charge in [-0.05, 0) is 38.8 Å². The molecule has 24 heavy (non-hydrogen) atoms. The van der Waals surface area contributed by atoms with Gasteiger partial charge >= 0.3 is 5.97 Å². The van der Waals surface area contributed by atoms with Crippen LogP contribution in [0.5, 0.6) is 0 Å². The number of aryl methyl sites for hydroxylation is 2. The first kappa shape index (κ1) is 18.5. The Bertz CT molecular complexity index is 682. The Balaban J connectivity index is 2.28. The summed E-state index contributed by atoms with van der Waals surface area (Å²) in [6.45, 7) is 7.06. The number of carbonyl (C=O) groups is 3. The maximum atomic E-state index is 12.8. The number of thioether (sulfide) groups is 1. The second-order valence-electron chi connectivity index (χ2n) is 6.54. The third-order valence-corrected chi connectivity index (χ3v) is 5.74. The number of rotatable bonds is 5. The van der Waals surface area contributed by atoms with Crippen LogP contribution in [0.3, 0.4) is 0 Å². The van der Waals surface area contributed by atoms with Gasteiger partial charge in [-0.2, -0.15) is 0 Å². The highest BCUT2D eigenvalue weighted by molar-refractivity contribution is 8.02. The van der Waals surface area contributed by atoms with Gasteiger partial charge in [0.05, 0.1) is 10.9 Å². The summed E-state index contributed by atoms with van der Waals surface area (Å²) in [5.41, 5.74) is 8.04. The van der Waals surface area contributed by atoms with E-state index in [1.54, 1.807) is 13.8 Å². The number of para-hydroxylation sites is 1. The Hall–Kier alpha value is -1.86. The third kappa shape index (κ3) is 3.32. The topological polar surface area (TPSA) is 101 Å². The van der Waals surface area contributed by atoms with E-state index in [0.29, 0.717) is 5.69 Å². The number of hydrogen-bond donors (Lipinski definition) is 2. The number of benzene rings is 1. The highest BCUT2D eigenvalue weighted by Crippen LogP contribution is 2.39. The third-order valence-electron chi connectivity index (χ3n) is 4.23. The summed E-state index contributed by atoms with van der Waals surface area (Å²) in [6, 6.07) is 4.46. The monoisotopic (exact) mass is 350 g/mol. The number of carboxylic acid groups (broad SMARTS) is 1. The molecule has 1 aromatic carbocycles. The number of amides is 2. The number of carboxylic acids is 1. The fraction of sp³-hybridized carbons (Fsp3) is 0.471. The summed E-state index contributed by atoms with van der Waals surface area (Å²) in [7, 11) is 0. The number of nitrogens with two attached hydrogens (primary N) is 1. The highest BCUT2D eigenvalue weighted by atomic mass is 32.2. The quantitative estimate of drug-likeness (QED) is 0.786. The van der Waals surface area contributed by atoms with Crippen molar-refractivity contribution in [3.8, 4) is 0 Å². The number of aliphatic carboxylic acids is 1. The first-order chi connectivity index (χ1) is 11.1. The minimum absolute atomic E-state index is 0.0487. The zero-order chi connectivity index (χ0) is 18.2. The molecule has 0 aromatic heterocycles. The average molecular weight is 350 g/mol. The summed E-state index contributed by atoms with van der Waals surface area (Å²) >= 11 is 1.15. The molecule has 6 nitrogen and oxygen atoms in total. The minimum Gasteiger partial charge on any atom is -0.480 e. The summed E-state index contributed by atoms with van der Waals surface area (Å²) in [5, 5.41) is 8.48. The zero-order valence-electron chi connectivity index (χ0n) is 14.2. The van der Waals surface area contributed by atoms with Gasteiger partial charge < -0.3 is 10.8 Å². The first-order valence-electron chi connectivity index (χ1n) is 7.65. The lowest BCUT2D eigenvalue weighted by atomic mass is 10.1. The van der Waals surface area contributed by atoms with Crippen LogP contribution in [0.4, 0.5) is 5.69 Å². The van der Waals surface area contributed by atoms with Crippen molar-refractivity contribution in [2.24, 2.45) is 5.73 Å². The van der Waals surface area contributed by atoms with E-state index >= 15 is 0 Å². The lowest BCUT2D eigenvalue weighted by Crippen LogP contribution is -2.48. The van der Waals surface area contributed by atoms with Gasteiger partial charge in [0.2, 0.25) is 11.8 Å². The van der Waals surface area contributed by atoms with E-state index in [1.165, 1.54) is 4.90 Å². The molecule has 1 aliphatic rings. The van der Waals surface area contributed by atoms with Crippen LogP contribution in [0.25, 0.3) is 0 Å². The minimum atomic E-state index is -1.13. The number of imide groups is 1. The smallest absolute Gasteiger partial charge is 0.321 e. The molecule has 0 unspecified atom stereocenters. The van der Waals surface area contributed by atoms with Gasteiger partial charge in [0, 0.05) is 11.2 Å². The van der Waals surface area contributed by atoms with E-state index in [4.69, 9.17) is 10.8 Å². The SMILES string of the molecule is Cc1cccc(C)c1N1C(=O)C[C@H](SC(C)(C)[C@H](N)C(=O)O)C1=O. The largest absolute Gasteiger partial charge is 0.480 e. The van der Waals surface area contributed by atoms with Crippen LogP contribution in [0, 0.1) is 13.8 Å². The number of hydrogen-bond acceptors (Lipinski definition) is 5. The van der Waals surface area contributed by atoms with Crippen LogP contribution < -0.4 is 10.6 Å². The highest BCUT2D eigenvalue weighted by Gasteiger charge is 2.45. The van der Waals surface area contributed by atoms with Crippen LogP contribution in [-0.4, -0.2) is 38.9 Å². The van der Waals surface area contributed by atoms with Crippen molar-refractivity contribution in [3.05, 3.63) is 29.3 Å². The molecule has 2 amide bonds. The Morgan fingerprint density at radius 1 is 1.33 bits per heavy atom. The van der Waals surface area contributed by atoms with Crippen LogP contribution in [0.2, 0.25) is 0 Å². The molecule has 0 spiro atoms. The van der Waals surface area contributed by atoms with Crippen molar-refractivity contribution in [2.45, 2.75) is 50.2 Å². The second kappa shape index (κ2) is 6.57. The molecule has 0 aliphatic carbocycles. The maximum Gasteiger partial charge on any atom is 0.321 e. The molecule has 1 aliphatic heterocycles. The Kier molecular flexibility index (Phi) is 5.05. The van der Waals surface area contributed by atoms with Gasteiger partial charge in [0.25, 0.3) is 0 Å². The van der Waals surface area contributed by atoms with Crippen LogP contribution in [-0.2, 0) is 14.4 Å². The Labute approximate surface area is 145 Å². The van der Waals surface area contributed by atoms with Crippen molar-refractivity contribution in [2.75, 3.05) is 4.90 Å². The van der Waals surface area contributed by atoms with Crippen molar-refractivity contribution in [1.82, 2.24) is 0 Å². The predicted molar refractivity (Wildman–Crippen MR) is 94.1 cm³/mol. The molecule has 7 heteroatoms. The fourth-order valence-electron chi connectivity index (χ4n) is 2.83.